The van der Waals surface area contributed by atoms with Gasteiger partial charge in [-0.05, 0) is 36.1 Å². The lowest BCUT2D eigenvalue weighted by atomic mass is 9.93. The molecule has 0 radical (unpaired) electrons. The Bertz CT molecular complexity index is 418. The number of rotatable bonds is 5. The second-order valence-corrected chi connectivity index (χ2v) is 4.47. The van der Waals surface area contributed by atoms with Gasteiger partial charge in [0, 0.05) is 13.7 Å². The molecule has 0 saturated heterocycles. The lowest BCUT2D eigenvalue weighted by Gasteiger charge is -2.20. The number of ether oxygens (including phenoxy) is 1. The number of methoxy groups -OCH3 is 1. The van der Waals surface area contributed by atoms with Crippen LogP contribution in [0.1, 0.15) is 30.6 Å². The molecular formula is C13H16F4O2. The molecule has 6 heteroatoms. The molecule has 0 aliphatic rings. The largest absolute Gasteiger partial charge is 0.416 e. The van der Waals surface area contributed by atoms with Crippen LogP contribution in [0, 0.1) is 11.7 Å². The van der Waals surface area contributed by atoms with Crippen molar-refractivity contribution in [3.63, 3.8) is 0 Å². The predicted molar refractivity (Wildman–Crippen MR) is 62.0 cm³/mol. The van der Waals surface area contributed by atoms with Crippen LogP contribution in [0.5, 0.6) is 0 Å². The molecule has 1 aromatic rings. The van der Waals surface area contributed by atoms with Gasteiger partial charge in [0.2, 0.25) is 0 Å². The summed E-state index contributed by atoms with van der Waals surface area (Å²) in [5.41, 5.74) is -1.17. The molecule has 0 aliphatic heterocycles. The van der Waals surface area contributed by atoms with Crippen LogP contribution in [0.3, 0.4) is 0 Å². The molecule has 0 aromatic heterocycles. The van der Waals surface area contributed by atoms with Crippen molar-refractivity contribution >= 4 is 0 Å². The molecule has 108 valence electrons. The fourth-order valence-electron chi connectivity index (χ4n) is 1.74. The molecule has 1 N–H and O–H groups in total. The smallest absolute Gasteiger partial charge is 0.388 e. The summed E-state index contributed by atoms with van der Waals surface area (Å²) in [4.78, 5) is 0. The average molecular weight is 280 g/mol. The van der Waals surface area contributed by atoms with Crippen LogP contribution in [0.4, 0.5) is 17.6 Å². The van der Waals surface area contributed by atoms with E-state index < -0.39 is 23.7 Å². The normalized spacial score (nSPS) is 15.3. The predicted octanol–water partition coefficient (Wildman–Crippen LogP) is 3.55. The van der Waals surface area contributed by atoms with E-state index in [1.165, 1.54) is 7.11 Å². The molecule has 0 aliphatic carbocycles. The van der Waals surface area contributed by atoms with Gasteiger partial charge in [-0.1, -0.05) is 6.92 Å². The quantitative estimate of drug-likeness (QED) is 0.836. The molecule has 0 spiro atoms. The van der Waals surface area contributed by atoms with Crippen LogP contribution in [0.2, 0.25) is 0 Å². The Balaban J connectivity index is 2.97. The van der Waals surface area contributed by atoms with Crippen molar-refractivity contribution in [1.82, 2.24) is 0 Å². The van der Waals surface area contributed by atoms with Crippen molar-refractivity contribution in [3.05, 3.63) is 35.1 Å². The van der Waals surface area contributed by atoms with E-state index in [4.69, 9.17) is 4.74 Å². The molecule has 0 bridgehead atoms. The van der Waals surface area contributed by atoms with E-state index in [-0.39, 0.29) is 11.5 Å². The second-order valence-electron chi connectivity index (χ2n) is 4.47. The topological polar surface area (TPSA) is 29.5 Å². The van der Waals surface area contributed by atoms with Gasteiger partial charge in [0.15, 0.2) is 0 Å². The third-order valence-electron chi connectivity index (χ3n) is 2.91. The number of halogens is 4. The summed E-state index contributed by atoms with van der Waals surface area (Å²) >= 11 is 0. The first-order valence-electron chi connectivity index (χ1n) is 5.80. The Kier molecular flexibility index (Phi) is 5.31. The molecule has 1 aromatic carbocycles. The molecule has 0 saturated carbocycles. The highest BCUT2D eigenvalue weighted by Gasteiger charge is 2.32. The van der Waals surface area contributed by atoms with Crippen LogP contribution < -0.4 is 0 Å². The fraction of sp³-hybridized carbons (Fsp3) is 0.538. The Morgan fingerprint density at radius 2 is 1.89 bits per heavy atom. The molecule has 0 heterocycles. The van der Waals surface area contributed by atoms with Gasteiger partial charge in [0.1, 0.15) is 5.82 Å². The van der Waals surface area contributed by atoms with Crippen molar-refractivity contribution in [3.8, 4) is 0 Å². The van der Waals surface area contributed by atoms with Crippen LogP contribution >= 0.6 is 0 Å². The Hall–Kier alpha value is -1.14. The maximum atomic E-state index is 13.2. The molecular weight excluding hydrogens is 264 g/mol. The van der Waals surface area contributed by atoms with Gasteiger partial charge in [-0.25, -0.2) is 4.39 Å². The minimum atomic E-state index is -4.63. The second kappa shape index (κ2) is 6.34. The number of alkyl halides is 3. The van der Waals surface area contributed by atoms with E-state index >= 15 is 0 Å². The zero-order valence-electron chi connectivity index (χ0n) is 10.7. The van der Waals surface area contributed by atoms with Gasteiger partial charge in [0.05, 0.1) is 11.7 Å². The van der Waals surface area contributed by atoms with E-state index in [1.54, 1.807) is 6.92 Å². The van der Waals surface area contributed by atoms with Gasteiger partial charge >= 0.3 is 6.18 Å². The number of hydrogen-bond acceptors (Lipinski definition) is 2. The van der Waals surface area contributed by atoms with Gasteiger partial charge in [-0.3, -0.25) is 0 Å². The summed E-state index contributed by atoms with van der Waals surface area (Å²) in [5, 5.41) is 9.94. The van der Waals surface area contributed by atoms with Crippen LogP contribution in [0.25, 0.3) is 0 Å². The van der Waals surface area contributed by atoms with Crippen LogP contribution in [-0.4, -0.2) is 18.8 Å². The van der Waals surface area contributed by atoms with E-state index in [0.29, 0.717) is 19.1 Å². The van der Waals surface area contributed by atoms with Gasteiger partial charge in [0.25, 0.3) is 0 Å². The molecule has 1 rings (SSSR count). The third-order valence-corrected chi connectivity index (χ3v) is 2.91. The Morgan fingerprint density at radius 3 is 2.42 bits per heavy atom. The van der Waals surface area contributed by atoms with Crippen molar-refractivity contribution in [2.45, 2.75) is 25.6 Å². The summed E-state index contributed by atoms with van der Waals surface area (Å²) in [7, 11) is 1.49. The first-order valence-corrected chi connectivity index (χ1v) is 5.80. The van der Waals surface area contributed by atoms with Crippen LogP contribution in [-0.2, 0) is 10.9 Å². The zero-order valence-corrected chi connectivity index (χ0v) is 10.7. The van der Waals surface area contributed by atoms with Gasteiger partial charge in [-0.15, -0.1) is 0 Å². The molecule has 2 nitrogen and oxygen atoms in total. The van der Waals surface area contributed by atoms with Crippen molar-refractivity contribution in [1.29, 1.82) is 0 Å². The first-order chi connectivity index (χ1) is 8.75. The summed E-state index contributed by atoms with van der Waals surface area (Å²) < 4.78 is 55.7. The lowest BCUT2D eigenvalue weighted by molar-refractivity contribution is -0.137. The number of aliphatic hydroxyl groups excluding tert-OH is 1. The summed E-state index contributed by atoms with van der Waals surface area (Å²) in [5.74, 6) is -1.34. The van der Waals surface area contributed by atoms with E-state index in [9.17, 15) is 22.7 Å². The first kappa shape index (κ1) is 15.9. The van der Waals surface area contributed by atoms with Crippen molar-refractivity contribution in [2.24, 2.45) is 5.92 Å². The lowest BCUT2D eigenvalue weighted by Crippen LogP contribution is -2.14. The average Bonchev–Trinajstić information content (AvgIpc) is 2.33. The molecule has 0 fully saturated rings. The standard InChI is InChI=1S/C13H16F4O2/c1-8(3-4-19-2)12(18)9-5-10(13(15,16)17)7-11(14)6-9/h5-8,12,18H,3-4H2,1-2H3. The van der Waals surface area contributed by atoms with E-state index in [1.807, 2.05) is 0 Å². The Labute approximate surface area is 109 Å². The minimum Gasteiger partial charge on any atom is -0.388 e. The van der Waals surface area contributed by atoms with Crippen LogP contribution in [0.15, 0.2) is 18.2 Å². The monoisotopic (exact) mass is 280 g/mol. The molecule has 19 heavy (non-hydrogen) atoms. The summed E-state index contributed by atoms with van der Waals surface area (Å²) in [6.45, 7) is 2.04. The minimum absolute atomic E-state index is 0.0732. The number of hydrogen-bond donors (Lipinski definition) is 1. The highest BCUT2D eigenvalue weighted by atomic mass is 19.4. The third kappa shape index (κ3) is 4.47. The van der Waals surface area contributed by atoms with E-state index in [2.05, 4.69) is 0 Å². The highest BCUT2D eigenvalue weighted by molar-refractivity contribution is 5.28. The highest BCUT2D eigenvalue weighted by Crippen LogP contribution is 2.33. The van der Waals surface area contributed by atoms with E-state index in [0.717, 1.165) is 12.1 Å². The SMILES string of the molecule is COCCC(C)C(O)c1cc(F)cc(C(F)(F)F)c1. The number of aliphatic hydroxyl groups is 1. The fourth-order valence-corrected chi connectivity index (χ4v) is 1.74. The van der Waals surface area contributed by atoms with Gasteiger partial charge in [-0.2, -0.15) is 13.2 Å². The van der Waals surface area contributed by atoms with Crippen molar-refractivity contribution in [2.75, 3.05) is 13.7 Å². The maximum absolute atomic E-state index is 13.2. The molecule has 2 unspecified atom stereocenters. The Morgan fingerprint density at radius 1 is 1.26 bits per heavy atom. The summed E-state index contributed by atoms with van der Waals surface area (Å²) in [6.07, 6.45) is -5.33. The zero-order chi connectivity index (χ0) is 14.6. The summed E-state index contributed by atoms with van der Waals surface area (Å²) in [6, 6.07) is 2.11. The maximum Gasteiger partial charge on any atom is 0.416 e. The van der Waals surface area contributed by atoms with Gasteiger partial charge < -0.3 is 9.84 Å². The number of benzene rings is 1. The van der Waals surface area contributed by atoms with Crippen molar-refractivity contribution < 1.29 is 27.4 Å². The molecule has 2 atom stereocenters. The molecule has 0 amide bonds.